The third-order valence-electron chi connectivity index (χ3n) is 3.12. The lowest BCUT2D eigenvalue weighted by molar-refractivity contribution is 0.102. The highest BCUT2D eigenvalue weighted by atomic mass is 16.5. The van der Waals surface area contributed by atoms with E-state index in [4.69, 9.17) is 9.15 Å². The Morgan fingerprint density at radius 3 is 2.43 bits per heavy atom. The monoisotopic (exact) mass is 309 g/mol. The molecule has 0 aliphatic heterocycles. The first-order valence-corrected chi connectivity index (χ1v) is 7.05. The molecule has 3 rings (SSSR count). The number of carbonyl (C=O) groups is 1. The number of hydrogen-bond acceptors (Lipinski definition) is 5. The summed E-state index contributed by atoms with van der Waals surface area (Å²) < 4.78 is 10.8. The van der Waals surface area contributed by atoms with Crippen LogP contribution in [0.25, 0.3) is 0 Å². The summed E-state index contributed by atoms with van der Waals surface area (Å²) in [5.74, 6) is 1.65. The van der Waals surface area contributed by atoms with E-state index < -0.39 is 0 Å². The quantitative estimate of drug-likeness (QED) is 0.794. The number of aromatic nitrogens is 2. The number of para-hydroxylation sites is 1. The van der Waals surface area contributed by atoms with Crippen molar-refractivity contribution in [2.45, 2.75) is 13.8 Å². The van der Waals surface area contributed by atoms with Gasteiger partial charge in [0, 0.05) is 0 Å². The van der Waals surface area contributed by atoms with Crippen molar-refractivity contribution >= 4 is 11.6 Å². The lowest BCUT2D eigenvalue weighted by atomic mass is 10.2. The molecule has 0 saturated heterocycles. The normalized spacial score (nSPS) is 10.3. The van der Waals surface area contributed by atoms with Crippen LogP contribution in [-0.4, -0.2) is 15.9 Å². The summed E-state index contributed by atoms with van der Waals surface area (Å²) in [7, 11) is 0. The van der Waals surface area contributed by atoms with Crippen molar-refractivity contribution in [2.24, 2.45) is 0 Å². The Hall–Kier alpha value is -3.15. The first-order valence-electron chi connectivity index (χ1n) is 7.05. The number of rotatable bonds is 4. The van der Waals surface area contributed by atoms with E-state index in [9.17, 15) is 4.79 Å². The van der Waals surface area contributed by atoms with Crippen LogP contribution in [0.5, 0.6) is 11.8 Å². The second-order valence-electron chi connectivity index (χ2n) is 4.95. The molecule has 2 heterocycles. The number of nitrogens with one attached hydrogen (secondary N) is 1. The molecule has 0 fully saturated rings. The predicted molar refractivity (Wildman–Crippen MR) is 84.7 cm³/mol. The smallest absolute Gasteiger partial charge is 0.322 e. The number of carbonyl (C=O) groups excluding carboxylic acids is 1. The van der Waals surface area contributed by atoms with Gasteiger partial charge >= 0.3 is 6.01 Å². The fraction of sp³-hybridized carbons (Fsp3) is 0.118. The van der Waals surface area contributed by atoms with Gasteiger partial charge in [-0.3, -0.25) is 4.79 Å². The maximum Gasteiger partial charge on any atom is 0.322 e. The van der Waals surface area contributed by atoms with Crippen LogP contribution >= 0.6 is 0 Å². The first-order chi connectivity index (χ1) is 11.1. The molecule has 6 nitrogen and oxygen atoms in total. The zero-order chi connectivity index (χ0) is 16.2. The van der Waals surface area contributed by atoms with Gasteiger partial charge in [-0.1, -0.05) is 18.2 Å². The van der Waals surface area contributed by atoms with Crippen LogP contribution in [0.3, 0.4) is 0 Å². The van der Waals surface area contributed by atoms with Crippen molar-refractivity contribution in [3.05, 3.63) is 65.9 Å². The van der Waals surface area contributed by atoms with Gasteiger partial charge in [0.25, 0.3) is 5.91 Å². The van der Waals surface area contributed by atoms with Crippen molar-refractivity contribution in [3.63, 3.8) is 0 Å². The van der Waals surface area contributed by atoms with Gasteiger partial charge < -0.3 is 14.5 Å². The zero-order valence-electron chi connectivity index (χ0n) is 12.7. The summed E-state index contributed by atoms with van der Waals surface area (Å²) in [5, 5.41) is 2.72. The largest absolute Gasteiger partial charge is 0.466 e. The van der Waals surface area contributed by atoms with Crippen LogP contribution in [0.2, 0.25) is 0 Å². The minimum atomic E-state index is -0.264. The molecular weight excluding hydrogens is 294 g/mol. The van der Waals surface area contributed by atoms with E-state index in [2.05, 4.69) is 15.3 Å². The zero-order valence-corrected chi connectivity index (χ0v) is 12.7. The molecule has 0 aliphatic carbocycles. The molecule has 0 bridgehead atoms. The SMILES string of the molecule is Cc1cc(C(=O)Nc2cnc(Oc3ccccc3)nc2)c(C)o1. The molecule has 0 aliphatic rings. The third-order valence-corrected chi connectivity index (χ3v) is 3.12. The molecule has 1 N–H and O–H groups in total. The number of aryl methyl sites for hydroxylation is 2. The maximum absolute atomic E-state index is 12.2. The average Bonchev–Trinajstić information content (AvgIpc) is 2.89. The van der Waals surface area contributed by atoms with Crippen LogP contribution < -0.4 is 10.1 Å². The first kappa shape index (κ1) is 14.8. The number of furan rings is 1. The van der Waals surface area contributed by atoms with Crippen LogP contribution in [0.15, 0.2) is 53.2 Å². The van der Waals surface area contributed by atoms with E-state index in [-0.39, 0.29) is 11.9 Å². The Morgan fingerprint density at radius 2 is 1.83 bits per heavy atom. The van der Waals surface area contributed by atoms with Crippen molar-refractivity contribution in [1.29, 1.82) is 0 Å². The van der Waals surface area contributed by atoms with Crippen LogP contribution in [0.1, 0.15) is 21.9 Å². The van der Waals surface area contributed by atoms with E-state index in [0.717, 1.165) is 0 Å². The lowest BCUT2D eigenvalue weighted by Crippen LogP contribution is -2.12. The Balaban J connectivity index is 1.68. The summed E-state index contributed by atoms with van der Waals surface area (Å²) in [4.78, 5) is 20.3. The van der Waals surface area contributed by atoms with E-state index in [1.54, 1.807) is 19.9 Å². The van der Waals surface area contributed by atoms with Gasteiger partial charge in [0.15, 0.2) is 0 Å². The van der Waals surface area contributed by atoms with Crippen molar-refractivity contribution < 1.29 is 13.9 Å². The summed E-state index contributed by atoms with van der Waals surface area (Å²) in [6.07, 6.45) is 2.98. The average molecular weight is 309 g/mol. The molecule has 6 heteroatoms. The van der Waals surface area contributed by atoms with Gasteiger partial charge in [-0.25, -0.2) is 9.97 Å². The van der Waals surface area contributed by atoms with E-state index in [0.29, 0.717) is 28.5 Å². The van der Waals surface area contributed by atoms with Gasteiger partial charge in [-0.15, -0.1) is 0 Å². The fourth-order valence-corrected chi connectivity index (χ4v) is 2.08. The molecule has 0 spiro atoms. The number of hydrogen-bond donors (Lipinski definition) is 1. The summed E-state index contributed by atoms with van der Waals surface area (Å²) in [5.41, 5.74) is 0.973. The second-order valence-corrected chi connectivity index (χ2v) is 4.95. The fourth-order valence-electron chi connectivity index (χ4n) is 2.08. The highest BCUT2D eigenvalue weighted by Crippen LogP contribution is 2.18. The maximum atomic E-state index is 12.2. The Morgan fingerprint density at radius 1 is 1.13 bits per heavy atom. The summed E-state index contributed by atoms with van der Waals surface area (Å²) >= 11 is 0. The molecule has 23 heavy (non-hydrogen) atoms. The Bertz CT molecular complexity index is 811. The minimum absolute atomic E-state index is 0.213. The molecule has 0 radical (unpaired) electrons. The molecule has 116 valence electrons. The number of benzene rings is 1. The van der Waals surface area contributed by atoms with E-state index in [1.807, 2.05) is 30.3 Å². The van der Waals surface area contributed by atoms with Crippen LogP contribution in [0, 0.1) is 13.8 Å². The van der Waals surface area contributed by atoms with Crippen molar-refractivity contribution in [1.82, 2.24) is 9.97 Å². The number of nitrogens with zero attached hydrogens (tertiary/aromatic N) is 2. The van der Waals surface area contributed by atoms with Crippen LogP contribution in [0.4, 0.5) is 5.69 Å². The van der Waals surface area contributed by atoms with Gasteiger partial charge in [-0.05, 0) is 32.0 Å². The molecular formula is C17H15N3O3. The second kappa shape index (κ2) is 6.31. The molecule has 0 saturated carbocycles. The number of anilines is 1. The number of amides is 1. The van der Waals surface area contributed by atoms with E-state index in [1.165, 1.54) is 12.4 Å². The molecule has 2 aromatic heterocycles. The molecule has 1 amide bonds. The summed E-state index contributed by atoms with van der Waals surface area (Å²) in [6, 6.07) is 11.1. The number of ether oxygens (including phenoxy) is 1. The van der Waals surface area contributed by atoms with Gasteiger partial charge in [0.05, 0.1) is 23.6 Å². The molecule has 0 atom stereocenters. The topological polar surface area (TPSA) is 77.2 Å². The molecule has 3 aromatic rings. The van der Waals surface area contributed by atoms with Gasteiger partial charge in [0.1, 0.15) is 17.3 Å². The predicted octanol–water partition coefficient (Wildman–Crippen LogP) is 3.73. The Kier molecular flexibility index (Phi) is 4.05. The lowest BCUT2D eigenvalue weighted by Gasteiger charge is -2.05. The van der Waals surface area contributed by atoms with Crippen LogP contribution in [-0.2, 0) is 0 Å². The van der Waals surface area contributed by atoms with Gasteiger partial charge in [-0.2, -0.15) is 0 Å². The minimum Gasteiger partial charge on any atom is -0.466 e. The van der Waals surface area contributed by atoms with E-state index >= 15 is 0 Å². The van der Waals surface area contributed by atoms with Gasteiger partial charge in [0.2, 0.25) is 0 Å². The highest BCUT2D eigenvalue weighted by molar-refractivity contribution is 6.04. The third kappa shape index (κ3) is 3.55. The standard InChI is InChI=1S/C17H15N3O3/c1-11-8-15(12(2)22-11)16(21)20-13-9-18-17(19-10-13)23-14-6-4-3-5-7-14/h3-10H,1-2H3,(H,20,21). The summed E-state index contributed by atoms with van der Waals surface area (Å²) in [6.45, 7) is 3.54. The van der Waals surface area contributed by atoms with Crippen molar-refractivity contribution in [3.8, 4) is 11.8 Å². The molecule has 1 aromatic carbocycles. The Labute approximate surface area is 133 Å². The highest BCUT2D eigenvalue weighted by Gasteiger charge is 2.14. The van der Waals surface area contributed by atoms with Crippen molar-refractivity contribution in [2.75, 3.05) is 5.32 Å². The molecule has 0 unspecified atom stereocenters.